The molecule has 1 aromatic carbocycles. The van der Waals surface area contributed by atoms with Crippen LogP contribution in [-0.2, 0) is 10.2 Å². The molecule has 0 aliphatic carbocycles. The molecule has 1 aliphatic rings. The van der Waals surface area contributed by atoms with Gasteiger partial charge in [0.15, 0.2) is 0 Å². The zero-order valence-electron chi connectivity index (χ0n) is 9.09. The van der Waals surface area contributed by atoms with Gasteiger partial charge in [-0.2, -0.15) is 0 Å². The molecule has 2 nitrogen and oxygen atoms in total. The molecule has 3 heteroatoms. The van der Waals surface area contributed by atoms with E-state index >= 15 is 0 Å². The Morgan fingerprint density at radius 3 is 2.47 bits per heavy atom. The Kier molecular flexibility index (Phi) is 2.53. The zero-order chi connectivity index (χ0) is 11.1. The summed E-state index contributed by atoms with van der Waals surface area (Å²) in [7, 11) is 0. The normalized spacial score (nSPS) is 19.7. The maximum absolute atomic E-state index is 6.23. The Hall–Kier alpha value is -0.570. The van der Waals surface area contributed by atoms with Crippen LogP contribution in [0.4, 0.5) is 0 Å². The first-order chi connectivity index (χ1) is 6.96. The predicted octanol–water partition coefficient (Wildman–Crippen LogP) is 2.35. The van der Waals surface area contributed by atoms with Crippen LogP contribution in [0.3, 0.4) is 0 Å². The van der Waals surface area contributed by atoms with Crippen LogP contribution in [-0.4, -0.2) is 18.8 Å². The first-order valence-corrected chi connectivity index (χ1v) is 5.46. The van der Waals surface area contributed by atoms with E-state index in [1.165, 1.54) is 5.56 Å². The van der Waals surface area contributed by atoms with Gasteiger partial charge in [0.1, 0.15) is 0 Å². The standard InChI is InChI=1S/C12H16ClNO/c1-11(2,14)12(7-15-8-12)9-4-3-5-10(13)6-9/h3-6H,7-8,14H2,1-2H3. The van der Waals surface area contributed by atoms with E-state index in [9.17, 15) is 0 Å². The van der Waals surface area contributed by atoms with Gasteiger partial charge in [-0.25, -0.2) is 0 Å². The lowest BCUT2D eigenvalue weighted by Gasteiger charge is -2.51. The Bertz CT molecular complexity index is 366. The van der Waals surface area contributed by atoms with Crippen molar-refractivity contribution in [3.05, 3.63) is 34.9 Å². The second-order valence-corrected chi connectivity index (χ2v) is 5.24. The van der Waals surface area contributed by atoms with Crippen LogP contribution in [0.25, 0.3) is 0 Å². The fourth-order valence-corrected chi connectivity index (χ4v) is 2.19. The van der Waals surface area contributed by atoms with Crippen molar-refractivity contribution >= 4 is 11.6 Å². The molecule has 0 bridgehead atoms. The number of halogens is 1. The molecule has 0 aromatic heterocycles. The minimum Gasteiger partial charge on any atom is -0.379 e. The van der Waals surface area contributed by atoms with Gasteiger partial charge in [0.2, 0.25) is 0 Å². The first-order valence-electron chi connectivity index (χ1n) is 5.08. The van der Waals surface area contributed by atoms with E-state index in [0.29, 0.717) is 13.2 Å². The Balaban J connectivity index is 2.43. The van der Waals surface area contributed by atoms with E-state index < -0.39 is 0 Å². The molecule has 0 unspecified atom stereocenters. The molecule has 0 radical (unpaired) electrons. The molecule has 1 aromatic rings. The quantitative estimate of drug-likeness (QED) is 0.839. The van der Waals surface area contributed by atoms with Crippen molar-refractivity contribution in [1.29, 1.82) is 0 Å². The molecule has 1 heterocycles. The second-order valence-electron chi connectivity index (χ2n) is 4.81. The molecule has 0 saturated carbocycles. The van der Waals surface area contributed by atoms with E-state index in [1.807, 2.05) is 32.0 Å². The number of ether oxygens (including phenoxy) is 1. The van der Waals surface area contributed by atoms with E-state index in [0.717, 1.165) is 5.02 Å². The predicted molar refractivity (Wildman–Crippen MR) is 62.2 cm³/mol. The zero-order valence-corrected chi connectivity index (χ0v) is 9.84. The average Bonchev–Trinajstić information content (AvgIpc) is 1.98. The van der Waals surface area contributed by atoms with Gasteiger partial charge in [0, 0.05) is 10.6 Å². The summed E-state index contributed by atoms with van der Waals surface area (Å²) >= 11 is 6.00. The number of benzene rings is 1. The van der Waals surface area contributed by atoms with E-state index in [-0.39, 0.29) is 11.0 Å². The van der Waals surface area contributed by atoms with E-state index in [4.69, 9.17) is 22.1 Å². The fraction of sp³-hybridized carbons (Fsp3) is 0.500. The minimum absolute atomic E-state index is 0.0854. The molecular formula is C12H16ClNO. The summed E-state index contributed by atoms with van der Waals surface area (Å²) in [5.41, 5.74) is 7.03. The van der Waals surface area contributed by atoms with Crippen LogP contribution >= 0.6 is 11.6 Å². The number of hydrogen-bond donors (Lipinski definition) is 1. The largest absolute Gasteiger partial charge is 0.379 e. The third-order valence-electron chi connectivity index (χ3n) is 3.31. The lowest BCUT2D eigenvalue weighted by Crippen LogP contribution is -2.64. The molecule has 0 atom stereocenters. The summed E-state index contributed by atoms with van der Waals surface area (Å²) in [4.78, 5) is 0. The van der Waals surface area contributed by atoms with Gasteiger partial charge >= 0.3 is 0 Å². The maximum atomic E-state index is 6.23. The molecule has 1 saturated heterocycles. The number of rotatable bonds is 2. The van der Waals surface area contributed by atoms with Crippen LogP contribution in [0.15, 0.2) is 24.3 Å². The Morgan fingerprint density at radius 1 is 1.40 bits per heavy atom. The smallest absolute Gasteiger partial charge is 0.0603 e. The van der Waals surface area contributed by atoms with Crippen molar-refractivity contribution in [2.24, 2.45) is 5.73 Å². The topological polar surface area (TPSA) is 35.2 Å². The van der Waals surface area contributed by atoms with Gasteiger partial charge < -0.3 is 10.5 Å². The van der Waals surface area contributed by atoms with Crippen LogP contribution < -0.4 is 5.73 Å². The van der Waals surface area contributed by atoms with Gasteiger partial charge in [-0.05, 0) is 31.5 Å². The van der Waals surface area contributed by atoms with E-state index in [1.54, 1.807) is 0 Å². The Morgan fingerprint density at radius 2 is 2.07 bits per heavy atom. The van der Waals surface area contributed by atoms with Crippen molar-refractivity contribution in [1.82, 2.24) is 0 Å². The highest BCUT2D eigenvalue weighted by molar-refractivity contribution is 6.30. The van der Waals surface area contributed by atoms with Crippen molar-refractivity contribution in [3.8, 4) is 0 Å². The van der Waals surface area contributed by atoms with Crippen LogP contribution in [0.5, 0.6) is 0 Å². The van der Waals surface area contributed by atoms with Crippen LogP contribution in [0.2, 0.25) is 5.02 Å². The second kappa shape index (κ2) is 3.48. The summed E-state index contributed by atoms with van der Waals surface area (Å²) < 4.78 is 5.34. The third kappa shape index (κ3) is 1.67. The third-order valence-corrected chi connectivity index (χ3v) is 3.54. The molecule has 15 heavy (non-hydrogen) atoms. The molecule has 1 aliphatic heterocycles. The summed E-state index contributed by atoms with van der Waals surface area (Å²) in [5, 5.41) is 0.753. The van der Waals surface area contributed by atoms with Gasteiger partial charge in [-0.15, -0.1) is 0 Å². The lowest BCUT2D eigenvalue weighted by atomic mass is 9.66. The summed E-state index contributed by atoms with van der Waals surface area (Å²) in [5.74, 6) is 0. The minimum atomic E-state index is -0.296. The van der Waals surface area contributed by atoms with Crippen molar-refractivity contribution in [3.63, 3.8) is 0 Å². The van der Waals surface area contributed by atoms with Crippen LogP contribution in [0, 0.1) is 0 Å². The average molecular weight is 226 g/mol. The van der Waals surface area contributed by atoms with Crippen LogP contribution in [0.1, 0.15) is 19.4 Å². The SMILES string of the molecule is CC(C)(N)C1(c2cccc(Cl)c2)COC1. The molecule has 2 N–H and O–H groups in total. The summed E-state index contributed by atoms with van der Waals surface area (Å²) in [6.07, 6.45) is 0. The molecule has 82 valence electrons. The van der Waals surface area contributed by atoms with Gasteiger partial charge in [-0.1, -0.05) is 23.7 Å². The summed E-state index contributed by atoms with van der Waals surface area (Å²) in [6, 6.07) is 7.90. The van der Waals surface area contributed by atoms with Crippen molar-refractivity contribution in [2.75, 3.05) is 13.2 Å². The Labute approximate surface area is 95.4 Å². The van der Waals surface area contributed by atoms with Gasteiger partial charge in [0.05, 0.1) is 18.6 Å². The number of hydrogen-bond acceptors (Lipinski definition) is 2. The highest BCUT2D eigenvalue weighted by Gasteiger charge is 2.50. The molecular weight excluding hydrogens is 210 g/mol. The lowest BCUT2D eigenvalue weighted by molar-refractivity contribution is -0.0918. The van der Waals surface area contributed by atoms with E-state index in [2.05, 4.69) is 6.07 Å². The molecule has 0 amide bonds. The number of nitrogens with two attached hydrogens (primary N) is 1. The molecule has 1 fully saturated rings. The summed E-state index contributed by atoms with van der Waals surface area (Å²) in [6.45, 7) is 5.43. The molecule has 2 rings (SSSR count). The highest BCUT2D eigenvalue weighted by atomic mass is 35.5. The van der Waals surface area contributed by atoms with Gasteiger partial charge in [-0.3, -0.25) is 0 Å². The first kappa shape index (κ1) is 10.9. The van der Waals surface area contributed by atoms with Crippen molar-refractivity contribution < 1.29 is 4.74 Å². The maximum Gasteiger partial charge on any atom is 0.0603 e. The highest BCUT2D eigenvalue weighted by Crippen LogP contribution is 2.41. The van der Waals surface area contributed by atoms with Gasteiger partial charge in [0.25, 0.3) is 0 Å². The van der Waals surface area contributed by atoms with Crippen molar-refractivity contribution in [2.45, 2.75) is 24.8 Å². The fourth-order valence-electron chi connectivity index (χ4n) is 2.00. The monoisotopic (exact) mass is 225 g/mol. The molecule has 0 spiro atoms.